The van der Waals surface area contributed by atoms with Crippen molar-refractivity contribution >= 4 is 50.7 Å². The predicted molar refractivity (Wildman–Crippen MR) is 157 cm³/mol. The van der Waals surface area contributed by atoms with E-state index in [0.717, 1.165) is 15.4 Å². The zero-order valence-corrected chi connectivity index (χ0v) is 24.8. The first-order valence-corrected chi connectivity index (χ1v) is 14.8. The normalized spacial score (nSPS) is 12.1. The van der Waals surface area contributed by atoms with Crippen molar-refractivity contribution in [2.24, 2.45) is 0 Å². The van der Waals surface area contributed by atoms with E-state index in [1.54, 1.807) is 49.4 Å². The number of para-hydroxylation sites is 1. The van der Waals surface area contributed by atoms with Crippen molar-refractivity contribution in [1.82, 2.24) is 10.2 Å². The Labute approximate surface area is 240 Å². The van der Waals surface area contributed by atoms with Crippen LogP contribution < -0.4 is 9.62 Å². The van der Waals surface area contributed by atoms with Crippen LogP contribution in [-0.4, -0.2) is 44.8 Å². The molecule has 1 N–H and O–H groups in total. The van der Waals surface area contributed by atoms with E-state index in [-0.39, 0.29) is 17.3 Å². The van der Waals surface area contributed by atoms with E-state index >= 15 is 0 Å². The van der Waals surface area contributed by atoms with Gasteiger partial charge in [-0.15, -0.1) is 0 Å². The molecule has 10 heteroatoms. The summed E-state index contributed by atoms with van der Waals surface area (Å²) in [4.78, 5) is 28.3. The fourth-order valence-electron chi connectivity index (χ4n) is 4.32. The summed E-state index contributed by atoms with van der Waals surface area (Å²) in [6, 6.07) is 17.6. The molecular weight excluding hydrogens is 557 g/mol. The highest BCUT2D eigenvalue weighted by Crippen LogP contribution is 2.29. The van der Waals surface area contributed by atoms with E-state index in [1.165, 1.54) is 24.1 Å². The molecule has 0 saturated heterocycles. The highest BCUT2D eigenvalue weighted by molar-refractivity contribution is 7.92. The third-order valence-electron chi connectivity index (χ3n) is 6.52. The molecule has 0 aromatic heterocycles. The molecule has 3 aromatic rings. The smallest absolute Gasteiger partial charge is 0.264 e. The van der Waals surface area contributed by atoms with E-state index in [2.05, 4.69) is 5.32 Å². The zero-order chi connectivity index (χ0) is 28.7. The maximum Gasteiger partial charge on any atom is 0.264 e. The van der Waals surface area contributed by atoms with Crippen molar-refractivity contribution in [2.45, 2.75) is 51.1 Å². The second-order valence-corrected chi connectivity index (χ2v) is 11.8. The van der Waals surface area contributed by atoms with Gasteiger partial charge in [-0.1, -0.05) is 79.0 Å². The Bertz CT molecular complexity index is 1430. The van der Waals surface area contributed by atoms with Gasteiger partial charge >= 0.3 is 0 Å². The number of aryl methyl sites for hydroxylation is 2. The van der Waals surface area contributed by atoms with Crippen LogP contribution in [0.25, 0.3) is 0 Å². The van der Waals surface area contributed by atoms with Crippen LogP contribution in [-0.2, 0) is 32.6 Å². The number of sulfonamides is 1. The number of amides is 2. The fraction of sp³-hybridized carbons (Fsp3) is 0.310. The minimum atomic E-state index is -4.14. The summed E-state index contributed by atoms with van der Waals surface area (Å²) in [5.74, 6) is -0.907. The average Bonchev–Trinajstić information content (AvgIpc) is 2.92. The van der Waals surface area contributed by atoms with Gasteiger partial charge in [0.2, 0.25) is 11.8 Å². The molecule has 7 nitrogen and oxygen atoms in total. The van der Waals surface area contributed by atoms with Gasteiger partial charge in [0.05, 0.1) is 10.6 Å². The SMILES string of the molecule is CCc1ccccc1N(CC(=O)N(Cc1ccc(Cl)cc1Cl)[C@H](CC)C(=O)NC)S(=O)(=O)c1ccc(C)cc1. The summed E-state index contributed by atoms with van der Waals surface area (Å²) in [7, 11) is -2.64. The molecule has 0 fully saturated rings. The van der Waals surface area contributed by atoms with Crippen LogP contribution >= 0.6 is 23.2 Å². The Kier molecular flexibility index (Phi) is 10.4. The zero-order valence-electron chi connectivity index (χ0n) is 22.4. The fourth-order valence-corrected chi connectivity index (χ4v) is 6.24. The van der Waals surface area contributed by atoms with Crippen molar-refractivity contribution in [3.05, 3.63) is 93.5 Å². The topological polar surface area (TPSA) is 86.8 Å². The van der Waals surface area contributed by atoms with Gasteiger partial charge in [0.15, 0.2) is 0 Å². The number of anilines is 1. The van der Waals surface area contributed by atoms with Crippen LogP contribution in [0.3, 0.4) is 0 Å². The number of benzene rings is 3. The van der Waals surface area contributed by atoms with E-state index in [1.807, 2.05) is 26.0 Å². The predicted octanol–water partition coefficient (Wildman–Crippen LogP) is 5.61. The van der Waals surface area contributed by atoms with Crippen LogP contribution in [0, 0.1) is 6.92 Å². The lowest BCUT2D eigenvalue weighted by atomic mass is 10.1. The molecule has 39 heavy (non-hydrogen) atoms. The Balaban J connectivity index is 2.12. The second-order valence-electron chi connectivity index (χ2n) is 9.10. The standard InChI is InChI=1S/C29H33Cl2N3O4S/c1-5-21-9-7-8-10-27(21)34(39(37,38)24-15-11-20(3)12-16-24)19-28(35)33(26(6-2)29(36)32-4)18-22-13-14-23(30)17-25(22)31/h7-17,26H,5-6,18-19H2,1-4H3,(H,32,36)/t26-/m1/s1. The van der Waals surface area contributed by atoms with Gasteiger partial charge in [0.1, 0.15) is 12.6 Å². The summed E-state index contributed by atoms with van der Waals surface area (Å²) >= 11 is 12.5. The van der Waals surface area contributed by atoms with Crippen LogP contribution in [0.2, 0.25) is 10.0 Å². The Morgan fingerprint density at radius 2 is 1.62 bits per heavy atom. The quantitative estimate of drug-likeness (QED) is 0.315. The van der Waals surface area contributed by atoms with Gasteiger partial charge in [-0.3, -0.25) is 13.9 Å². The largest absolute Gasteiger partial charge is 0.357 e. The summed E-state index contributed by atoms with van der Waals surface area (Å²) in [5.41, 5.74) is 2.67. The molecular formula is C29H33Cl2N3O4S. The second kappa shape index (κ2) is 13.3. The lowest BCUT2D eigenvalue weighted by Crippen LogP contribution is -2.51. The molecule has 0 aliphatic heterocycles. The Hall–Kier alpha value is -3.07. The van der Waals surface area contributed by atoms with Crippen molar-refractivity contribution in [2.75, 3.05) is 17.9 Å². The van der Waals surface area contributed by atoms with Gasteiger partial charge in [-0.25, -0.2) is 8.42 Å². The third-order valence-corrected chi connectivity index (χ3v) is 8.88. The van der Waals surface area contributed by atoms with Gasteiger partial charge in [-0.2, -0.15) is 0 Å². The molecule has 0 aliphatic rings. The molecule has 0 aliphatic carbocycles. The first-order chi connectivity index (χ1) is 18.5. The lowest BCUT2D eigenvalue weighted by Gasteiger charge is -2.33. The molecule has 0 bridgehead atoms. The number of hydrogen-bond donors (Lipinski definition) is 1. The minimum Gasteiger partial charge on any atom is -0.357 e. The number of nitrogens with one attached hydrogen (secondary N) is 1. The maximum absolute atomic E-state index is 14.0. The summed E-state index contributed by atoms with van der Waals surface area (Å²) in [6.45, 7) is 5.07. The highest BCUT2D eigenvalue weighted by atomic mass is 35.5. The van der Waals surface area contributed by atoms with Gasteiger partial charge in [0.25, 0.3) is 10.0 Å². The molecule has 208 valence electrons. The van der Waals surface area contributed by atoms with Crippen molar-refractivity contribution in [1.29, 1.82) is 0 Å². The van der Waals surface area contributed by atoms with Crippen LogP contribution in [0.15, 0.2) is 71.6 Å². The number of likely N-dealkylation sites (N-methyl/N-ethyl adjacent to an activating group) is 1. The lowest BCUT2D eigenvalue weighted by molar-refractivity contribution is -0.140. The summed E-state index contributed by atoms with van der Waals surface area (Å²) in [5, 5.41) is 3.38. The van der Waals surface area contributed by atoms with Crippen LogP contribution in [0.1, 0.15) is 37.0 Å². The molecule has 0 saturated carbocycles. The number of rotatable bonds is 11. The number of carbonyl (C=O) groups is 2. The molecule has 2 amide bonds. The molecule has 3 rings (SSSR count). The van der Waals surface area contributed by atoms with Crippen molar-refractivity contribution in [3.63, 3.8) is 0 Å². The van der Waals surface area contributed by atoms with Crippen LogP contribution in [0.5, 0.6) is 0 Å². The first-order valence-electron chi connectivity index (χ1n) is 12.7. The van der Waals surface area contributed by atoms with Gasteiger partial charge in [0, 0.05) is 23.6 Å². The average molecular weight is 591 g/mol. The summed E-state index contributed by atoms with van der Waals surface area (Å²) < 4.78 is 29.1. The van der Waals surface area contributed by atoms with Gasteiger partial charge < -0.3 is 10.2 Å². The van der Waals surface area contributed by atoms with Crippen LogP contribution in [0.4, 0.5) is 5.69 Å². The maximum atomic E-state index is 14.0. The Morgan fingerprint density at radius 3 is 2.21 bits per heavy atom. The van der Waals surface area contributed by atoms with E-state index < -0.39 is 28.5 Å². The Morgan fingerprint density at radius 1 is 0.949 bits per heavy atom. The molecule has 0 heterocycles. The van der Waals surface area contributed by atoms with Gasteiger partial charge in [-0.05, 0) is 61.2 Å². The highest BCUT2D eigenvalue weighted by Gasteiger charge is 2.34. The number of halogens is 2. The molecule has 3 aromatic carbocycles. The third kappa shape index (κ3) is 7.12. The number of carbonyl (C=O) groups excluding carboxylic acids is 2. The number of nitrogens with zero attached hydrogens (tertiary/aromatic N) is 2. The van der Waals surface area contributed by atoms with Crippen molar-refractivity contribution in [3.8, 4) is 0 Å². The molecule has 1 atom stereocenters. The first kappa shape index (κ1) is 30.5. The molecule has 0 spiro atoms. The molecule has 0 radical (unpaired) electrons. The van der Waals surface area contributed by atoms with Crippen molar-refractivity contribution < 1.29 is 18.0 Å². The summed E-state index contributed by atoms with van der Waals surface area (Å²) in [6.07, 6.45) is 0.872. The minimum absolute atomic E-state index is 0.00535. The number of hydrogen-bond acceptors (Lipinski definition) is 4. The molecule has 0 unspecified atom stereocenters. The van der Waals surface area contributed by atoms with E-state index in [0.29, 0.717) is 34.1 Å². The van der Waals surface area contributed by atoms with E-state index in [4.69, 9.17) is 23.2 Å². The monoisotopic (exact) mass is 589 g/mol. The van der Waals surface area contributed by atoms with E-state index in [9.17, 15) is 18.0 Å².